The van der Waals surface area contributed by atoms with Gasteiger partial charge in [-0.05, 0) is 93.2 Å². The highest BCUT2D eigenvalue weighted by atomic mass is 28.4. The molecule has 1 aliphatic heterocycles. The first-order valence-corrected chi connectivity index (χ1v) is 17.0. The molecule has 3 rings (SSSR count). The molecule has 0 aromatic rings. The Labute approximate surface area is 211 Å². The van der Waals surface area contributed by atoms with Crippen molar-refractivity contribution >= 4 is 8.32 Å². The Morgan fingerprint density at radius 1 is 1.15 bits per heavy atom. The Hall–Kier alpha value is -0.203. The van der Waals surface area contributed by atoms with Crippen molar-refractivity contribution in [2.24, 2.45) is 22.7 Å². The Bertz CT molecular complexity index is 678. The molecule has 1 heterocycles. The van der Waals surface area contributed by atoms with Crippen LogP contribution in [0, 0.1) is 22.7 Å². The fraction of sp³-hybridized carbons (Fsp3) is 0.931. The fourth-order valence-corrected chi connectivity index (χ4v) is 7.58. The van der Waals surface area contributed by atoms with Gasteiger partial charge in [-0.3, -0.25) is 0 Å². The molecule has 1 unspecified atom stereocenters. The van der Waals surface area contributed by atoms with Gasteiger partial charge in [0, 0.05) is 25.2 Å². The van der Waals surface area contributed by atoms with E-state index in [9.17, 15) is 5.11 Å². The quantitative estimate of drug-likeness (QED) is 0.253. The van der Waals surface area contributed by atoms with E-state index in [2.05, 4.69) is 53.8 Å². The van der Waals surface area contributed by atoms with Gasteiger partial charge in [0.2, 0.25) is 0 Å². The van der Waals surface area contributed by atoms with Crippen molar-refractivity contribution in [1.82, 2.24) is 0 Å². The molecule has 198 valence electrons. The number of aliphatic hydroxyl groups is 1. The maximum atomic E-state index is 9.58. The van der Waals surface area contributed by atoms with Crippen LogP contribution in [0.15, 0.2) is 11.6 Å². The van der Waals surface area contributed by atoms with Crippen LogP contribution in [-0.2, 0) is 13.9 Å². The van der Waals surface area contributed by atoms with Crippen molar-refractivity contribution in [3.8, 4) is 0 Å². The number of ether oxygens (including phenoxy) is 2. The van der Waals surface area contributed by atoms with Crippen molar-refractivity contribution < 1.29 is 19.0 Å². The van der Waals surface area contributed by atoms with E-state index in [0.717, 1.165) is 58.3 Å². The molecule has 3 aliphatic rings. The number of allylic oxidation sites excluding steroid dienone is 2. The Kier molecular flexibility index (Phi) is 9.56. The summed E-state index contributed by atoms with van der Waals surface area (Å²) in [5.41, 5.74) is 1.98. The van der Waals surface area contributed by atoms with Crippen LogP contribution in [0.4, 0.5) is 0 Å². The first kappa shape index (κ1) is 28.4. The summed E-state index contributed by atoms with van der Waals surface area (Å²) in [5, 5.41) is 9.79. The second-order valence-electron chi connectivity index (χ2n) is 13.3. The van der Waals surface area contributed by atoms with Gasteiger partial charge in [-0.1, -0.05) is 52.7 Å². The minimum Gasteiger partial charge on any atom is -0.416 e. The molecule has 0 bridgehead atoms. The lowest BCUT2D eigenvalue weighted by atomic mass is 9.51. The van der Waals surface area contributed by atoms with Gasteiger partial charge in [-0.2, -0.15) is 0 Å². The molecule has 34 heavy (non-hydrogen) atoms. The van der Waals surface area contributed by atoms with Crippen LogP contribution in [0.3, 0.4) is 0 Å². The summed E-state index contributed by atoms with van der Waals surface area (Å²) in [7, 11) is -1.87. The third kappa shape index (κ3) is 6.19. The highest BCUT2D eigenvalue weighted by molar-refractivity contribution is 6.74. The summed E-state index contributed by atoms with van der Waals surface area (Å²) < 4.78 is 19.3. The van der Waals surface area contributed by atoms with E-state index in [4.69, 9.17) is 13.9 Å². The minimum atomic E-state index is -1.87. The van der Waals surface area contributed by atoms with Crippen molar-refractivity contribution in [3.05, 3.63) is 11.6 Å². The molecular weight excluding hydrogens is 440 g/mol. The molecule has 0 aromatic heterocycles. The number of rotatable bonds is 10. The zero-order valence-electron chi connectivity index (χ0n) is 23.4. The molecule has 5 atom stereocenters. The molecule has 0 aromatic carbocycles. The van der Waals surface area contributed by atoms with Crippen LogP contribution in [-0.4, -0.2) is 46.1 Å². The van der Waals surface area contributed by atoms with E-state index in [-0.39, 0.29) is 22.2 Å². The maximum absolute atomic E-state index is 9.58. The predicted octanol–water partition coefficient (Wildman–Crippen LogP) is 7.47. The van der Waals surface area contributed by atoms with Crippen LogP contribution < -0.4 is 0 Å². The largest absolute Gasteiger partial charge is 0.416 e. The standard InChI is InChI=1S/C29H54O4Si/c1-23-14-15-24-25(12-10-16-28(24,5)17-11-19-30)29(23,22-33-34(6,7)27(2,3)4)18-21-32-26-13-8-9-20-31-26/h15,23,25-26,30H,8-14,16-22H2,1-7H3/t23-,25-,26?,28+,29+/m1/s1. The second-order valence-corrected chi connectivity index (χ2v) is 18.1. The van der Waals surface area contributed by atoms with Crippen LogP contribution in [0.5, 0.6) is 0 Å². The average Bonchev–Trinajstić information content (AvgIpc) is 2.78. The molecule has 1 saturated heterocycles. The van der Waals surface area contributed by atoms with E-state index in [1.807, 2.05) is 0 Å². The van der Waals surface area contributed by atoms with Crippen LogP contribution >= 0.6 is 0 Å². The first-order chi connectivity index (χ1) is 16.0. The fourth-order valence-electron chi connectivity index (χ4n) is 6.51. The molecule has 0 radical (unpaired) electrons. The van der Waals surface area contributed by atoms with Gasteiger partial charge in [-0.15, -0.1) is 0 Å². The lowest BCUT2D eigenvalue weighted by molar-refractivity contribution is -0.171. The molecule has 2 aliphatic carbocycles. The van der Waals surface area contributed by atoms with Crippen molar-refractivity contribution in [2.45, 2.75) is 123 Å². The third-order valence-corrected chi connectivity index (χ3v) is 14.5. The maximum Gasteiger partial charge on any atom is 0.192 e. The van der Waals surface area contributed by atoms with E-state index in [1.54, 1.807) is 5.57 Å². The topological polar surface area (TPSA) is 47.9 Å². The van der Waals surface area contributed by atoms with Gasteiger partial charge in [0.1, 0.15) is 0 Å². The average molecular weight is 495 g/mol. The summed E-state index contributed by atoms with van der Waals surface area (Å²) in [5.74, 6) is 1.12. The van der Waals surface area contributed by atoms with E-state index in [0.29, 0.717) is 18.4 Å². The number of hydrogen-bond acceptors (Lipinski definition) is 4. The number of fused-ring (bicyclic) bond motifs is 1. The van der Waals surface area contributed by atoms with Crippen LogP contribution in [0.1, 0.15) is 98.8 Å². The summed E-state index contributed by atoms with van der Waals surface area (Å²) >= 11 is 0. The summed E-state index contributed by atoms with van der Waals surface area (Å²) in [6.07, 6.45) is 13.9. The van der Waals surface area contributed by atoms with Gasteiger partial charge >= 0.3 is 0 Å². The Morgan fingerprint density at radius 2 is 1.91 bits per heavy atom. The minimum absolute atomic E-state index is 0.0257. The summed E-state index contributed by atoms with van der Waals surface area (Å²) in [4.78, 5) is 0. The van der Waals surface area contributed by atoms with Gasteiger partial charge in [-0.25, -0.2) is 0 Å². The van der Waals surface area contributed by atoms with Gasteiger partial charge < -0.3 is 19.0 Å². The summed E-state index contributed by atoms with van der Waals surface area (Å²) in [6, 6.07) is 0. The molecule has 1 N–H and O–H groups in total. The van der Waals surface area contributed by atoms with Gasteiger partial charge in [0.25, 0.3) is 0 Å². The predicted molar refractivity (Wildman–Crippen MR) is 143 cm³/mol. The van der Waals surface area contributed by atoms with Crippen molar-refractivity contribution in [2.75, 3.05) is 26.4 Å². The first-order valence-electron chi connectivity index (χ1n) is 14.1. The van der Waals surface area contributed by atoms with E-state index in [1.165, 1.54) is 25.7 Å². The van der Waals surface area contributed by atoms with Crippen LogP contribution in [0.2, 0.25) is 18.1 Å². The second kappa shape index (κ2) is 11.5. The molecule has 4 nitrogen and oxygen atoms in total. The molecule has 5 heteroatoms. The van der Waals surface area contributed by atoms with E-state index < -0.39 is 8.32 Å². The van der Waals surface area contributed by atoms with Crippen molar-refractivity contribution in [3.63, 3.8) is 0 Å². The highest BCUT2D eigenvalue weighted by Gasteiger charge is 2.53. The SMILES string of the molecule is C[C@@H]1CC=C2[C@@H](CCC[C@@]2(C)CCCO)[C@@]1(CCOC1CCCCO1)CO[Si](C)(C)C(C)(C)C. The molecule has 0 spiro atoms. The number of aliphatic hydroxyl groups excluding tert-OH is 1. The molecule has 2 fully saturated rings. The smallest absolute Gasteiger partial charge is 0.192 e. The molecule has 1 saturated carbocycles. The van der Waals surface area contributed by atoms with Gasteiger partial charge in [0.15, 0.2) is 14.6 Å². The molecule has 0 amide bonds. The zero-order valence-corrected chi connectivity index (χ0v) is 24.4. The van der Waals surface area contributed by atoms with Gasteiger partial charge in [0.05, 0.1) is 6.61 Å². The lowest BCUT2D eigenvalue weighted by Gasteiger charge is -2.56. The Morgan fingerprint density at radius 3 is 2.56 bits per heavy atom. The third-order valence-electron chi connectivity index (χ3n) is 10.1. The monoisotopic (exact) mass is 494 g/mol. The lowest BCUT2D eigenvalue weighted by Crippen LogP contribution is -2.52. The van der Waals surface area contributed by atoms with Crippen LogP contribution in [0.25, 0.3) is 0 Å². The number of hydrogen-bond donors (Lipinski definition) is 1. The normalized spacial score (nSPS) is 35.1. The molecular formula is C29H54O4Si. The summed E-state index contributed by atoms with van der Waals surface area (Å²) in [6.45, 7) is 19.5. The zero-order chi connectivity index (χ0) is 25.0. The Balaban J connectivity index is 1.86. The highest BCUT2D eigenvalue weighted by Crippen LogP contribution is 2.59. The van der Waals surface area contributed by atoms with E-state index >= 15 is 0 Å². The van der Waals surface area contributed by atoms with Crippen molar-refractivity contribution in [1.29, 1.82) is 0 Å².